The number of benzene rings is 2. The lowest BCUT2D eigenvalue weighted by Gasteiger charge is -2.09. The van der Waals surface area contributed by atoms with Gasteiger partial charge in [-0.05, 0) is 65.2 Å². The summed E-state index contributed by atoms with van der Waals surface area (Å²) in [6.45, 7) is 4.25. The van der Waals surface area contributed by atoms with Gasteiger partial charge in [-0.15, -0.1) is 0 Å². The highest BCUT2D eigenvalue weighted by molar-refractivity contribution is 9.10. The van der Waals surface area contributed by atoms with E-state index in [0.717, 1.165) is 16.8 Å². The summed E-state index contributed by atoms with van der Waals surface area (Å²) in [5, 5.41) is 14.8. The molecule has 2 aromatic rings. The second kappa shape index (κ2) is 7.51. The third-order valence-electron chi connectivity index (χ3n) is 3.02. The van der Waals surface area contributed by atoms with Crippen molar-refractivity contribution < 1.29 is 9.84 Å². The van der Waals surface area contributed by atoms with Crippen molar-refractivity contribution in [1.29, 1.82) is 0 Å². The van der Waals surface area contributed by atoms with E-state index in [1.54, 1.807) is 18.3 Å². The molecule has 0 fully saturated rings. The van der Waals surface area contributed by atoms with Gasteiger partial charge < -0.3 is 9.84 Å². The first-order valence-corrected chi connectivity index (χ1v) is 7.89. The molecule has 0 saturated carbocycles. The lowest BCUT2D eigenvalue weighted by molar-refractivity contribution is 0.317. The first kappa shape index (κ1) is 16.6. The van der Waals surface area contributed by atoms with E-state index >= 15 is 0 Å². The molecular weight excluding hydrogens is 368 g/mol. The van der Waals surface area contributed by atoms with Crippen LogP contribution in [0.15, 0.2) is 39.9 Å². The first-order valence-electron chi connectivity index (χ1n) is 6.72. The van der Waals surface area contributed by atoms with Crippen molar-refractivity contribution >= 4 is 39.4 Å². The van der Waals surface area contributed by atoms with E-state index in [4.69, 9.17) is 16.3 Å². The van der Waals surface area contributed by atoms with Crippen molar-refractivity contribution in [3.05, 3.63) is 51.0 Å². The van der Waals surface area contributed by atoms with Crippen molar-refractivity contribution in [2.45, 2.75) is 13.8 Å². The number of nitrogens with one attached hydrogen (secondary N) is 1. The zero-order valence-electron chi connectivity index (χ0n) is 12.2. The number of anilines is 1. The van der Waals surface area contributed by atoms with Crippen LogP contribution in [0.5, 0.6) is 11.5 Å². The van der Waals surface area contributed by atoms with Crippen LogP contribution in [0.1, 0.15) is 18.1 Å². The van der Waals surface area contributed by atoms with Crippen LogP contribution in [-0.2, 0) is 0 Å². The second-order valence-corrected chi connectivity index (χ2v) is 5.83. The Morgan fingerprint density at radius 3 is 2.91 bits per heavy atom. The number of halogens is 2. The van der Waals surface area contributed by atoms with E-state index < -0.39 is 0 Å². The fourth-order valence-electron chi connectivity index (χ4n) is 1.84. The Morgan fingerprint density at radius 1 is 1.41 bits per heavy atom. The van der Waals surface area contributed by atoms with Crippen LogP contribution in [-0.4, -0.2) is 17.9 Å². The number of hydrogen-bond donors (Lipinski definition) is 2. The molecule has 2 aromatic carbocycles. The molecule has 0 bridgehead atoms. The molecule has 0 heterocycles. The van der Waals surface area contributed by atoms with Gasteiger partial charge in [0.05, 0.1) is 23.0 Å². The van der Waals surface area contributed by atoms with Crippen LogP contribution >= 0.6 is 27.5 Å². The molecule has 0 aliphatic heterocycles. The van der Waals surface area contributed by atoms with E-state index in [1.165, 1.54) is 0 Å². The third kappa shape index (κ3) is 3.93. The number of aromatic hydroxyl groups is 1. The summed E-state index contributed by atoms with van der Waals surface area (Å²) in [7, 11) is 0. The Kier molecular flexibility index (Phi) is 5.69. The molecule has 0 aliphatic carbocycles. The highest BCUT2D eigenvalue weighted by Crippen LogP contribution is 2.35. The summed E-state index contributed by atoms with van der Waals surface area (Å²) in [4.78, 5) is 0. The standard InChI is InChI=1S/C16H16BrClN2O2/c1-3-22-15-8-11(7-12(17)16(15)21)9-19-20-14-6-4-5-13(18)10(14)2/h4-9,20-21H,3H2,1-2H3. The Bertz CT molecular complexity index is 705. The molecule has 22 heavy (non-hydrogen) atoms. The minimum absolute atomic E-state index is 0.0812. The van der Waals surface area contributed by atoms with Crippen LogP contribution < -0.4 is 10.2 Å². The van der Waals surface area contributed by atoms with Crippen LogP contribution in [0, 0.1) is 6.92 Å². The topological polar surface area (TPSA) is 53.8 Å². The first-order chi connectivity index (χ1) is 10.5. The molecular formula is C16H16BrClN2O2. The van der Waals surface area contributed by atoms with Crippen molar-refractivity contribution in [2.24, 2.45) is 5.10 Å². The van der Waals surface area contributed by atoms with Gasteiger partial charge >= 0.3 is 0 Å². The van der Waals surface area contributed by atoms with Crippen molar-refractivity contribution in [2.75, 3.05) is 12.0 Å². The smallest absolute Gasteiger partial charge is 0.172 e. The molecule has 0 atom stereocenters. The van der Waals surface area contributed by atoms with Crippen LogP contribution in [0.2, 0.25) is 5.02 Å². The fraction of sp³-hybridized carbons (Fsp3) is 0.188. The van der Waals surface area contributed by atoms with Crippen molar-refractivity contribution in [3.63, 3.8) is 0 Å². The number of rotatable bonds is 5. The predicted octanol–water partition coefficient (Wildman–Crippen LogP) is 4.96. The molecule has 0 saturated heterocycles. The van der Waals surface area contributed by atoms with Gasteiger partial charge in [-0.2, -0.15) is 5.10 Å². The monoisotopic (exact) mass is 382 g/mol. The molecule has 0 amide bonds. The van der Waals surface area contributed by atoms with Gasteiger partial charge in [0.15, 0.2) is 11.5 Å². The lowest BCUT2D eigenvalue weighted by atomic mass is 10.2. The van der Waals surface area contributed by atoms with Gasteiger partial charge in [-0.3, -0.25) is 5.43 Å². The van der Waals surface area contributed by atoms with E-state index in [2.05, 4.69) is 26.5 Å². The summed E-state index contributed by atoms with van der Waals surface area (Å²) in [5.41, 5.74) is 5.52. The summed E-state index contributed by atoms with van der Waals surface area (Å²) in [6, 6.07) is 9.07. The van der Waals surface area contributed by atoms with E-state index in [1.807, 2.05) is 32.0 Å². The molecule has 0 unspecified atom stereocenters. The molecule has 116 valence electrons. The Hall–Kier alpha value is -1.72. The average molecular weight is 384 g/mol. The number of ether oxygens (including phenoxy) is 1. The van der Waals surface area contributed by atoms with Gasteiger partial charge in [-0.25, -0.2) is 0 Å². The average Bonchev–Trinajstić information content (AvgIpc) is 2.49. The zero-order valence-corrected chi connectivity index (χ0v) is 14.6. The second-order valence-electron chi connectivity index (χ2n) is 4.56. The number of phenols is 1. The SMILES string of the molecule is CCOc1cc(C=NNc2cccc(Cl)c2C)cc(Br)c1O. The van der Waals surface area contributed by atoms with Crippen LogP contribution in [0.4, 0.5) is 5.69 Å². The van der Waals surface area contributed by atoms with Gasteiger partial charge in [-0.1, -0.05) is 17.7 Å². The lowest BCUT2D eigenvalue weighted by Crippen LogP contribution is -1.96. The minimum atomic E-state index is 0.0812. The van der Waals surface area contributed by atoms with Crippen molar-refractivity contribution in [3.8, 4) is 11.5 Å². The quantitative estimate of drug-likeness (QED) is 0.566. The Morgan fingerprint density at radius 2 is 2.18 bits per heavy atom. The zero-order chi connectivity index (χ0) is 16.1. The number of hydrogen-bond acceptors (Lipinski definition) is 4. The molecule has 2 rings (SSSR count). The van der Waals surface area contributed by atoms with Gasteiger partial charge in [0.1, 0.15) is 0 Å². The highest BCUT2D eigenvalue weighted by atomic mass is 79.9. The maximum Gasteiger partial charge on any atom is 0.172 e. The van der Waals surface area contributed by atoms with Gasteiger partial charge in [0, 0.05) is 5.02 Å². The molecule has 4 nitrogen and oxygen atoms in total. The number of phenolic OH excluding ortho intramolecular Hbond substituents is 1. The molecule has 2 N–H and O–H groups in total. The van der Waals surface area contributed by atoms with E-state index in [-0.39, 0.29) is 5.75 Å². The molecule has 0 aliphatic rings. The summed E-state index contributed by atoms with van der Waals surface area (Å²) in [6.07, 6.45) is 1.65. The van der Waals surface area contributed by atoms with Crippen molar-refractivity contribution in [1.82, 2.24) is 0 Å². The maximum absolute atomic E-state index is 9.88. The highest BCUT2D eigenvalue weighted by Gasteiger charge is 2.08. The van der Waals surface area contributed by atoms with E-state index in [0.29, 0.717) is 21.9 Å². The molecule has 0 aromatic heterocycles. The van der Waals surface area contributed by atoms with Gasteiger partial charge in [0.25, 0.3) is 0 Å². The van der Waals surface area contributed by atoms with Gasteiger partial charge in [0.2, 0.25) is 0 Å². The van der Waals surface area contributed by atoms with Crippen LogP contribution in [0.3, 0.4) is 0 Å². The fourth-order valence-corrected chi connectivity index (χ4v) is 2.47. The molecule has 0 spiro atoms. The largest absolute Gasteiger partial charge is 0.503 e. The maximum atomic E-state index is 9.88. The van der Waals surface area contributed by atoms with E-state index in [9.17, 15) is 5.11 Å². The minimum Gasteiger partial charge on any atom is -0.503 e. The Labute approximate surface area is 142 Å². The summed E-state index contributed by atoms with van der Waals surface area (Å²) < 4.78 is 5.93. The molecule has 0 radical (unpaired) electrons. The predicted molar refractivity (Wildman–Crippen MR) is 94.4 cm³/mol. The number of nitrogens with zero attached hydrogens (tertiary/aromatic N) is 1. The third-order valence-corrected chi connectivity index (χ3v) is 4.03. The molecule has 6 heteroatoms. The van der Waals surface area contributed by atoms with Crippen LogP contribution in [0.25, 0.3) is 0 Å². The number of hydrazone groups is 1. The Balaban J connectivity index is 2.18. The normalized spacial score (nSPS) is 10.9. The summed E-state index contributed by atoms with van der Waals surface area (Å²) in [5.74, 6) is 0.495. The summed E-state index contributed by atoms with van der Waals surface area (Å²) >= 11 is 9.36.